The Hall–Kier alpha value is -2.44. The summed E-state index contributed by atoms with van der Waals surface area (Å²) in [4.78, 5) is 18.9. The van der Waals surface area contributed by atoms with Crippen molar-refractivity contribution < 1.29 is 4.79 Å². The first kappa shape index (κ1) is 16.1. The largest absolute Gasteiger partial charge is 0.381 e. The van der Waals surface area contributed by atoms with Gasteiger partial charge in [-0.3, -0.25) is 9.69 Å². The van der Waals surface area contributed by atoms with Crippen LogP contribution in [0.2, 0.25) is 0 Å². The van der Waals surface area contributed by atoms with E-state index in [1.807, 2.05) is 42.5 Å². The number of hydrogen-bond acceptors (Lipinski definition) is 5. The summed E-state index contributed by atoms with van der Waals surface area (Å²) in [5, 5.41) is 7.13. The Morgan fingerprint density at radius 2 is 1.96 bits per heavy atom. The van der Waals surface area contributed by atoms with Gasteiger partial charge in [0, 0.05) is 24.8 Å². The molecule has 1 atom stereocenters. The molecule has 1 aromatic heterocycles. The molecular weight excluding hydrogens is 332 g/mol. The number of carbonyl (C=O) groups is 1. The van der Waals surface area contributed by atoms with Gasteiger partial charge in [-0.1, -0.05) is 41.7 Å². The molecule has 25 heavy (non-hydrogen) atoms. The molecule has 2 aromatic carbocycles. The van der Waals surface area contributed by atoms with Crippen LogP contribution in [0.1, 0.15) is 6.42 Å². The third-order valence-electron chi connectivity index (χ3n) is 4.32. The van der Waals surface area contributed by atoms with Crippen LogP contribution in [-0.4, -0.2) is 41.5 Å². The zero-order valence-corrected chi connectivity index (χ0v) is 14.6. The maximum Gasteiger partial charge on any atom is 0.240 e. The van der Waals surface area contributed by atoms with Crippen LogP contribution in [0.15, 0.2) is 54.6 Å². The third-order valence-corrected chi connectivity index (χ3v) is 5.28. The minimum absolute atomic E-state index is 0.000540. The monoisotopic (exact) mass is 352 g/mol. The lowest BCUT2D eigenvalue weighted by Gasteiger charge is -2.16. The summed E-state index contributed by atoms with van der Waals surface area (Å²) in [6.07, 6.45) is 1.04. The average molecular weight is 352 g/mol. The van der Waals surface area contributed by atoms with Crippen LogP contribution in [0.25, 0.3) is 10.2 Å². The molecule has 0 aliphatic carbocycles. The standard InChI is InChI=1S/C19H20N4OS/c24-18(22-19-21-16-8-4-5-9-17(16)25-19)13-23-11-10-15(12-23)20-14-6-2-1-3-7-14/h1-9,15,20H,10-13H2,(H,21,22,24). The number of aromatic nitrogens is 1. The lowest BCUT2D eigenvalue weighted by Crippen LogP contribution is -2.33. The van der Waals surface area contributed by atoms with Crippen LogP contribution >= 0.6 is 11.3 Å². The number of thiazole rings is 1. The van der Waals surface area contributed by atoms with Gasteiger partial charge in [-0.05, 0) is 30.7 Å². The highest BCUT2D eigenvalue weighted by Gasteiger charge is 2.24. The Labute approximate surface area is 150 Å². The van der Waals surface area contributed by atoms with Crippen LogP contribution in [0.5, 0.6) is 0 Å². The first-order valence-corrected chi connectivity index (χ1v) is 9.27. The number of amides is 1. The number of nitrogens with zero attached hydrogens (tertiary/aromatic N) is 2. The van der Waals surface area contributed by atoms with Crippen molar-refractivity contribution in [3.05, 3.63) is 54.6 Å². The summed E-state index contributed by atoms with van der Waals surface area (Å²) in [5.41, 5.74) is 2.06. The van der Waals surface area contributed by atoms with Gasteiger partial charge in [0.15, 0.2) is 5.13 Å². The first-order valence-electron chi connectivity index (χ1n) is 8.46. The van der Waals surface area contributed by atoms with Crippen LogP contribution < -0.4 is 10.6 Å². The number of nitrogens with one attached hydrogen (secondary N) is 2. The van der Waals surface area contributed by atoms with Crippen LogP contribution in [-0.2, 0) is 4.79 Å². The SMILES string of the molecule is O=C(CN1CCC(Nc2ccccc2)C1)Nc1nc2ccccc2s1. The maximum absolute atomic E-state index is 12.3. The fourth-order valence-electron chi connectivity index (χ4n) is 3.15. The second-order valence-corrected chi connectivity index (χ2v) is 7.30. The molecule has 0 saturated carbocycles. The Bertz CT molecular complexity index is 831. The highest BCUT2D eigenvalue weighted by atomic mass is 32.1. The molecule has 0 spiro atoms. The van der Waals surface area contributed by atoms with Gasteiger partial charge in [-0.15, -0.1) is 0 Å². The number of carbonyl (C=O) groups excluding carboxylic acids is 1. The van der Waals surface area contributed by atoms with Gasteiger partial charge < -0.3 is 10.6 Å². The van der Waals surface area contributed by atoms with Gasteiger partial charge in [0.1, 0.15) is 0 Å². The number of rotatable bonds is 5. The summed E-state index contributed by atoms with van der Waals surface area (Å²) in [5.74, 6) is -0.000540. The summed E-state index contributed by atoms with van der Waals surface area (Å²) in [6.45, 7) is 2.21. The van der Waals surface area contributed by atoms with E-state index in [1.54, 1.807) is 0 Å². The third kappa shape index (κ3) is 3.97. The Morgan fingerprint density at radius 1 is 1.16 bits per heavy atom. The van der Waals surface area contributed by atoms with E-state index in [-0.39, 0.29) is 5.91 Å². The van der Waals surface area contributed by atoms with Crippen molar-refractivity contribution >= 4 is 38.3 Å². The van der Waals surface area contributed by atoms with E-state index in [0.29, 0.717) is 17.7 Å². The quantitative estimate of drug-likeness (QED) is 0.739. The number of fused-ring (bicyclic) bond motifs is 1. The molecule has 4 rings (SSSR count). The van der Waals surface area contributed by atoms with Crippen LogP contribution in [0.4, 0.5) is 10.8 Å². The van der Waals surface area contributed by atoms with Crippen molar-refractivity contribution in [2.24, 2.45) is 0 Å². The summed E-state index contributed by atoms with van der Waals surface area (Å²) >= 11 is 1.51. The van der Waals surface area contributed by atoms with Gasteiger partial charge in [0.05, 0.1) is 16.8 Å². The molecule has 1 aliphatic rings. The molecule has 1 amide bonds. The highest BCUT2D eigenvalue weighted by Crippen LogP contribution is 2.25. The van der Waals surface area contributed by atoms with E-state index in [9.17, 15) is 4.79 Å². The molecular formula is C19H20N4OS. The van der Waals surface area contributed by atoms with Gasteiger partial charge in [-0.25, -0.2) is 4.98 Å². The molecule has 6 heteroatoms. The second kappa shape index (κ2) is 7.21. The predicted molar refractivity (Wildman–Crippen MR) is 103 cm³/mol. The fourth-order valence-corrected chi connectivity index (χ4v) is 4.03. The van der Waals surface area contributed by atoms with Gasteiger partial charge >= 0.3 is 0 Å². The van der Waals surface area contributed by atoms with Crippen LogP contribution in [0.3, 0.4) is 0 Å². The van der Waals surface area contributed by atoms with Crippen molar-refractivity contribution in [3.63, 3.8) is 0 Å². The molecule has 1 saturated heterocycles. The van der Waals surface area contributed by atoms with Crippen molar-refractivity contribution in [2.75, 3.05) is 30.3 Å². The molecule has 1 unspecified atom stereocenters. The molecule has 3 aromatic rings. The normalized spacial score (nSPS) is 17.7. The van der Waals surface area contributed by atoms with E-state index in [4.69, 9.17) is 0 Å². The fraction of sp³-hybridized carbons (Fsp3) is 0.263. The summed E-state index contributed by atoms with van der Waals surface area (Å²) in [7, 11) is 0. The smallest absolute Gasteiger partial charge is 0.240 e. The number of likely N-dealkylation sites (tertiary alicyclic amines) is 1. The Morgan fingerprint density at radius 3 is 2.80 bits per heavy atom. The number of anilines is 2. The Balaban J connectivity index is 1.29. The van der Waals surface area contributed by atoms with Crippen LogP contribution in [0, 0.1) is 0 Å². The van der Waals surface area contributed by atoms with Crippen molar-refractivity contribution in [3.8, 4) is 0 Å². The maximum atomic E-state index is 12.3. The molecule has 0 bridgehead atoms. The van der Waals surface area contributed by atoms with E-state index < -0.39 is 0 Å². The van der Waals surface area contributed by atoms with Gasteiger partial charge in [-0.2, -0.15) is 0 Å². The lowest BCUT2D eigenvalue weighted by molar-refractivity contribution is -0.117. The lowest BCUT2D eigenvalue weighted by atomic mass is 10.2. The summed E-state index contributed by atoms with van der Waals surface area (Å²) < 4.78 is 1.09. The zero-order chi connectivity index (χ0) is 17.1. The molecule has 1 fully saturated rings. The topological polar surface area (TPSA) is 57.3 Å². The number of benzene rings is 2. The predicted octanol–water partition coefficient (Wildman–Crippen LogP) is 3.42. The molecule has 2 N–H and O–H groups in total. The number of hydrogen-bond donors (Lipinski definition) is 2. The minimum Gasteiger partial charge on any atom is -0.381 e. The molecule has 2 heterocycles. The van der Waals surface area contributed by atoms with Crippen molar-refractivity contribution in [2.45, 2.75) is 12.5 Å². The van der Waals surface area contributed by atoms with Crippen molar-refractivity contribution in [1.29, 1.82) is 0 Å². The van der Waals surface area contributed by atoms with Gasteiger partial charge in [0.25, 0.3) is 0 Å². The Kier molecular flexibility index (Phi) is 4.63. The van der Waals surface area contributed by atoms with E-state index in [2.05, 4.69) is 32.7 Å². The second-order valence-electron chi connectivity index (χ2n) is 6.27. The van der Waals surface area contributed by atoms with Crippen molar-refractivity contribution in [1.82, 2.24) is 9.88 Å². The number of para-hydroxylation sites is 2. The zero-order valence-electron chi connectivity index (χ0n) is 13.8. The first-order chi connectivity index (χ1) is 12.3. The highest BCUT2D eigenvalue weighted by molar-refractivity contribution is 7.22. The van der Waals surface area contributed by atoms with E-state index in [0.717, 1.165) is 35.4 Å². The minimum atomic E-state index is -0.000540. The van der Waals surface area contributed by atoms with E-state index in [1.165, 1.54) is 11.3 Å². The van der Waals surface area contributed by atoms with Gasteiger partial charge in [0.2, 0.25) is 5.91 Å². The average Bonchev–Trinajstić information content (AvgIpc) is 3.21. The molecule has 128 valence electrons. The molecule has 0 radical (unpaired) electrons. The summed E-state index contributed by atoms with van der Waals surface area (Å²) in [6, 6.07) is 18.5. The molecule has 5 nitrogen and oxygen atoms in total. The molecule has 1 aliphatic heterocycles. The van der Waals surface area contributed by atoms with E-state index >= 15 is 0 Å².